The first-order valence-corrected chi connectivity index (χ1v) is 3.99. The molecule has 1 nitrogen and oxygen atoms in total. The number of carbonyl (C=O) groups is 1. The summed E-state index contributed by atoms with van der Waals surface area (Å²) in [5.74, 6) is 0. The Kier molecular flexibility index (Phi) is 3.05. The van der Waals surface area contributed by atoms with E-state index in [1.54, 1.807) is 6.08 Å². The van der Waals surface area contributed by atoms with Crippen molar-refractivity contribution < 1.29 is 4.79 Å². The predicted octanol–water partition coefficient (Wildman–Crippen LogP) is 2.66. The minimum Gasteiger partial charge on any atom is -0.299 e. The maximum absolute atomic E-state index is 9.96. The Morgan fingerprint density at radius 3 is 2.82 bits per heavy atom. The molecule has 0 heterocycles. The Morgan fingerprint density at radius 2 is 2.18 bits per heavy atom. The third kappa shape index (κ3) is 2.68. The van der Waals surface area contributed by atoms with E-state index in [4.69, 9.17) is 0 Å². The Bertz CT molecular complexity index is 279. The van der Waals surface area contributed by atoms with E-state index in [1.807, 2.05) is 24.3 Å². The van der Waals surface area contributed by atoms with Crippen LogP contribution in [0.25, 0.3) is 6.08 Å². The number of allylic oxidation sites excluding steroid dienone is 1. The van der Waals surface area contributed by atoms with Crippen molar-refractivity contribution >= 4 is 28.3 Å². The van der Waals surface area contributed by atoms with E-state index < -0.39 is 0 Å². The van der Waals surface area contributed by atoms with Gasteiger partial charge in [0.05, 0.1) is 0 Å². The van der Waals surface area contributed by atoms with Crippen LogP contribution >= 0.6 is 15.9 Å². The fourth-order valence-electron chi connectivity index (χ4n) is 0.761. The molecule has 0 aliphatic rings. The fourth-order valence-corrected chi connectivity index (χ4v) is 1.18. The van der Waals surface area contributed by atoms with Gasteiger partial charge in [0.25, 0.3) is 0 Å². The molecule has 0 fully saturated rings. The van der Waals surface area contributed by atoms with E-state index in [9.17, 15) is 4.79 Å². The number of hydrogen-bond donors (Lipinski definition) is 0. The van der Waals surface area contributed by atoms with E-state index in [-0.39, 0.29) is 0 Å². The average molecular weight is 211 g/mol. The summed E-state index contributed by atoms with van der Waals surface area (Å²) < 4.78 is 1.02. The van der Waals surface area contributed by atoms with Gasteiger partial charge in [-0.25, -0.2) is 0 Å². The van der Waals surface area contributed by atoms with E-state index in [0.29, 0.717) is 0 Å². The molecule has 0 saturated heterocycles. The van der Waals surface area contributed by atoms with Gasteiger partial charge >= 0.3 is 0 Å². The van der Waals surface area contributed by atoms with Crippen molar-refractivity contribution in [2.75, 3.05) is 0 Å². The molecule has 11 heavy (non-hydrogen) atoms. The summed E-state index contributed by atoms with van der Waals surface area (Å²) >= 11 is 3.33. The topological polar surface area (TPSA) is 17.1 Å². The molecule has 56 valence electrons. The minimum atomic E-state index is 0.765. The van der Waals surface area contributed by atoms with Crippen LogP contribution in [0.2, 0.25) is 0 Å². The van der Waals surface area contributed by atoms with Crippen molar-refractivity contribution in [2.24, 2.45) is 0 Å². The molecule has 0 atom stereocenters. The number of hydrogen-bond acceptors (Lipinski definition) is 1. The Labute approximate surface area is 73.9 Å². The van der Waals surface area contributed by atoms with Gasteiger partial charge in [0.2, 0.25) is 0 Å². The van der Waals surface area contributed by atoms with Crippen molar-refractivity contribution in [3.63, 3.8) is 0 Å². The lowest BCUT2D eigenvalue weighted by molar-refractivity contribution is -0.104. The highest BCUT2D eigenvalue weighted by Gasteiger charge is 1.86. The Morgan fingerprint density at radius 1 is 1.36 bits per heavy atom. The van der Waals surface area contributed by atoms with Crippen LogP contribution in [-0.2, 0) is 4.79 Å². The third-order valence-corrected chi connectivity index (χ3v) is 1.71. The van der Waals surface area contributed by atoms with Gasteiger partial charge in [-0.05, 0) is 23.8 Å². The van der Waals surface area contributed by atoms with Crippen LogP contribution in [0.1, 0.15) is 5.56 Å². The highest BCUT2D eigenvalue weighted by atomic mass is 79.9. The van der Waals surface area contributed by atoms with Gasteiger partial charge in [-0.3, -0.25) is 4.79 Å². The second-order valence-corrected chi connectivity index (χ2v) is 2.97. The van der Waals surface area contributed by atoms with Gasteiger partial charge < -0.3 is 0 Å². The summed E-state index contributed by atoms with van der Waals surface area (Å²) in [6, 6.07) is 7.75. The summed E-state index contributed by atoms with van der Waals surface area (Å²) in [7, 11) is 0. The number of aldehydes is 1. The van der Waals surface area contributed by atoms with Crippen LogP contribution in [-0.4, -0.2) is 6.29 Å². The van der Waals surface area contributed by atoms with Crippen LogP contribution in [0.3, 0.4) is 0 Å². The summed E-state index contributed by atoms with van der Waals surface area (Å²) in [4.78, 5) is 9.96. The first-order valence-electron chi connectivity index (χ1n) is 3.20. The molecule has 0 saturated carbocycles. The van der Waals surface area contributed by atoms with Crippen molar-refractivity contribution in [3.8, 4) is 0 Å². The average Bonchev–Trinajstić information content (AvgIpc) is 2.01. The highest BCUT2D eigenvalue weighted by Crippen LogP contribution is 2.12. The lowest BCUT2D eigenvalue weighted by atomic mass is 10.2. The number of benzene rings is 1. The molecular formula is C9H7BrO. The highest BCUT2D eigenvalue weighted by molar-refractivity contribution is 9.10. The van der Waals surface area contributed by atoms with Crippen LogP contribution in [0.5, 0.6) is 0 Å². The monoisotopic (exact) mass is 210 g/mol. The molecule has 0 spiro atoms. The van der Waals surface area contributed by atoms with E-state index in [2.05, 4.69) is 15.9 Å². The molecule has 0 amide bonds. The van der Waals surface area contributed by atoms with Gasteiger partial charge in [0.15, 0.2) is 0 Å². The van der Waals surface area contributed by atoms with Crippen LogP contribution < -0.4 is 0 Å². The summed E-state index contributed by atoms with van der Waals surface area (Å²) in [6.07, 6.45) is 4.00. The summed E-state index contributed by atoms with van der Waals surface area (Å²) in [6.45, 7) is 0. The second-order valence-electron chi connectivity index (χ2n) is 2.05. The predicted molar refractivity (Wildman–Crippen MR) is 49.2 cm³/mol. The van der Waals surface area contributed by atoms with Crippen LogP contribution in [0.4, 0.5) is 0 Å². The summed E-state index contributed by atoms with van der Waals surface area (Å²) in [5, 5.41) is 0. The first kappa shape index (κ1) is 8.21. The number of carbonyl (C=O) groups excluding carboxylic acids is 1. The molecule has 0 bridgehead atoms. The molecule has 0 aliphatic heterocycles. The van der Waals surface area contributed by atoms with E-state index >= 15 is 0 Å². The maximum Gasteiger partial charge on any atom is 0.142 e. The van der Waals surface area contributed by atoms with E-state index in [0.717, 1.165) is 16.3 Å². The van der Waals surface area contributed by atoms with Crippen molar-refractivity contribution in [1.82, 2.24) is 0 Å². The molecule has 2 heteroatoms. The zero-order valence-corrected chi connectivity index (χ0v) is 7.41. The van der Waals surface area contributed by atoms with Crippen molar-refractivity contribution in [1.29, 1.82) is 0 Å². The molecule has 1 rings (SSSR count). The molecule has 1 aromatic carbocycles. The molecule has 0 N–H and O–H groups in total. The zero-order valence-electron chi connectivity index (χ0n) is 5.83. The minimum absolute atomic E-state index is 0.765. The normalized spacial score (nSPS) is 10.3. The van der Waals surface area contributed by atoms with Crippen LogP contribution in [0.15, 0.2) is 34.8 Å². The number of halogens is 1. The standard InChI is InChI=1S/C9H7BrO/c10-9-5-1-3-8(7-9)4-2-6-11/h1-7H/b4-2+. The molecule has 0 aliphatic carbocycles. The van der Waals surface area contributed by atoms with E-state index in [1.165, 1.54) is 6.08 Å². The maximum atomic E-state index is 9.96. The molecular weight excluding hydrogens is 204 g/mol. The third-order valence-electron chi connectivity index (χ3n) is 1.22. The molecule has 1 aromatic rings. The fraction of sp³-hybridized carbons (Fsp3) is 0. The Balaban J connectivity index is 2.87. The van der Waals surface area contributed by atoms with Gasteiger partial charge in [0, 0.05) is 4.47 Å². The lowest BCUT2D eigenvalue weighted by Gasteiger charge is -1.91. The number of rotatable bonds is 2. The Hall–Kier alpha value is -0.890. The van der Waals surface area contributed by atoms with Crippen molar-refractivity contribution in [2.45, 2.75) is 0 Å². The summed E-state index contributed by atoms with van der Waals surface area (Å²) in [5.41, 5.74) is 1.02. The lowest BCUT2D eigenvalue weighted by Crippen LogP contribution is -1.70. The first-order chi connectivity index (χ1) is 5.33. The molecule has 0 aromatic heterocycles. The van der Waals surface area contributed by atoms with Crippen LogP contribution in [0, 0.1) is 0 Å². The quantitative estimate of drug-likeness (QED) is 0.542. The molecule has 0 unspecified atom stereocenters. The van der Waals surface area contributed by atoms with Gasteiger partial charge in [-0.1, -0.05) is 34.1 Å². The molecule has 0 radical (unpaired) electrons. The van der Waals surface area contributed by atoms with Gasteiger partial charge in [-0.2, -0.15) is 0 Å². The largest absolute Gasteiger partial charge is 0.299 e. The smallest absolute Gasteiger partial charge is 0.142 e. The zero-order chi connectivity index (χ0) is 8.10. The van der Waals surface area contributed by atoms with Gasteiger partial charge in [0.1, 0.15) is 6.29 Å². The second kappa shape index (κ2) is 4.09. The van der Waals surface area contributed by atoms with Crippen molar-refractivity contribution in [3.05, 3.63) is 40.4 Å². The SMILES string of the molecule is O=C/C=C/c1cccc(Br)c1. The van der Waals surface area contributed by atoms with Gasteiger partial charge in [-0.15, -0.1) is 0 Å².